The summed E-state index contributed by atoms with van der Waals surface area (Å²) in [5.41, 5.74) is 8.98. The van der Waals surface area contributed by atoms with Gasteiger partial charge in [-0.3, -0.25) is 0 Å². The fourth-order valence-electron chi connectivity index (χ4n) is 17.6. The van der Waals surface area contributed by atoms with Crippen molar-refractivity contribution < 1.29 is 0 Å². The summed E-state index contributed by atoms with van der Waals surface area (Å²) < 4.78 is 15.0. The predicted octanol–water partition coefficient (Wildman–Crippen LogP) is 32.3. The normalized spacial score (nSPS) is 11.8. The van der Waals surface area contributed by atoms with Crippen LogP contribution in [0.1, 0.15) is 0 Å². The molecule has 9 aromatic heterocycles. The van der Waals surface area contributed by atoms with Crippen LogP contribution in [0.2, 0.25) is 0 Å². The van der Waals surface area contributed by atoms with Crippen LogP contribution in [0.4, 0.5) is 0 Å². The van der Waals surface area contributed by atoms with Crippen molar-refractivity contribution in [2.45, 2.75) is 0 Å². The van der Waals surface area contributed by atoms with Gasteiger partial charge >= 0.3 is 0 Å². The number of hydrogen-bond acceptors (Lipinski definition) is 15. The molecule has 0 saturated carbocycles. The minimum absolute atomic E-state index is 0.675. The molecule has 0 spiro atoms. The molecule has 0 atom stereocenters. The van der Waals surface area contributed by atoms with Crippen LogP contribution in [0.5, 0.6) is 0 Å². The largest absolute Gasteiger partial charge is 0.208 e. The van der Waals surface area contributed by atoms with Gasteiger partial charge in [-0.1, -0.05) is 279 Å². The average molecular weight is 1720 g/mol. The summed E-state index contributed by atoms with van der Waals surface area (Å²) in [6.07, 6.45) is 0. The van der Waals surface area contributed by atoms with Crippen molar-refractivity contribution in [1.82, 2.24) is 44.9 Å². The monoisotopic (exact) mass is 1710 g/mol. The second-order valence-corrected chi connectivity index (χ2v) is 37.8. The number of fused-ring (bicyclic) bond motifs is 21. The lowest BCUT2D eigenvalue weighted by molar-refractivity contribution is 1.08. The van der Waals surface area contributed by atoms with Crippen LogP contribution in [0.25, 0.3) is 256 Å². The molecule has 15 heteroatoms. The van der Waals surface area contributed by atoms with Crippen LogP contribution in [0.3, 0.4) is 0 Å². The Morgan fingerprint density at radius 1 is 0.127 bits per heavy atom. The highest BCUT2D eigenvalue weighted by molar-refractivity contribution is 7.28. The molecule has 0 aliphatic rings. The second kappa shape index (κ2) is 30.5. The number of rotatable bonds is 9. The van der Waals surface area contributed by atoms with Crippen LogP contribution in [-0.2, 0) is 0 Å². The van der Waals surface area contributed by atoms with Gasteiger partial charge in [-0.25, -0.2) is 44.9 Å². The van der Waals surface area contributed by atoms with Crippen molar-refractivity contribution in [1.29, 1.82) is 0 Å². The minimum atomic E-state index is 0.675. The molecule has 9 nitrogen and oxygen atoms in total. The summed E-state index contributed by atoms with van der Waals surface area (Å²) in [7, 11) is 0. The number of aromatic nitrogens is 9. The quantitative estimate of drug-likeness (QED) is 0.139. The van der Waals surface area contributed by atoms with Gasteiger partial charge < -0.3 is 0 Å². The fraction of sp³-hybridized carbons (Fsp3) is 0. The van der Waals surface area contributed by atoms with Gasteiger partial charge in [-0.15, -0.1) is 68.0 Å². The lowest BCUT2D eigenvalue weighted by atomic mass is 10.1. The zero-order valence-electron chi connectivity index (χ0n) is 66.8. The van der Waals surface area contributed by atoms with Gasteiger partial charge in [0.2, 0.25) is 0 Å². The summed E-state index contributed by atoms with van der Waals surface area (Å²) in [6.45, 7) is 0. The molecule has 126 heavy (non-hydrogen) atoms. The van der Waals surface area contributed by atoms with Gasteiger partial charge in [0.15, 0.2) is 52.4 Å². The van der Waals surface area contributed by atoms with Crippen molar-refractivity contribution >= 4 is 221 Å². The lowest BCUT2D eigenvalue weighted by Crippen LogP contribution is -2.00. The molecule has 0 aliphatic carbocycles. The van der Waals surface area contributed by atoms with E-state index in [2.05, 4.69) is 382 Å². The van der Waals surface area contributed by atoms with Crippen LogP contribution in [0, 0.1) is 0 Å². The van der Waals surface area contributed by atoms with E-state index in [4.69, 9.17) is 44.9 Å². The molecule has 27 rings (SSSR count). The fourth-order valence-corrected chi connectivity index (χ4v) is 24.6. The highest BCUT2D eigenvalue weighted by atomic mass is 32.1. The van der Waals surface area contributed by atoms with Gasteiger partial charge in [0.1, 0.15) is 0 Å². The zero-order valence-corrected chi connectivity index (χ0v) is 71.7. The van der Waals surface area contributed by atoms with Gasteiger partial charge in [-0.05, 0) is 135 Å². The first-order valence-corrected chi connectivity index (χ1v) is 46.5. The van der Waals surface area contributed by atoms with E-state index in [1.165, 1.54) is 137 Å². The Labute approximate surface area is 744 Å². The number of benzene rings is 18. The van der Waals surface area contributed by atoms with E-state index in [1.807, 2.05) is 11.3 Å². The molecule has 0 radical (unpaired) electrons. The standard InChI is InChI=1S/3C37H21N3S2/c1-2-9-23-20-24(17-16-22(23)8-1)35-38-36(25-18-19-33-30(21-25)27-11-4-5-14-31(27)41-33)40-37(39-35)29-13-7-12-28-26-10-3-6-15-32(26)42-34(28)29;1-2-10-23-21-24(20-19-22(23)9-1)35-38-36(29-15-7-13-27-25-11-3-5-17-31(25)41-33(27)29)40-37(39-35)30-16-8-14-28-26-12-4-6-18-32(26)42-34(28)30;1-2-8-23-19-24(14-13-22(23)7-1)35-38-36(25-15-17-29-27-9-3-5-11-31(27)41-33(29)20-25)40-37(39-35)26-16-18-30-28-10-4-6-12-32(28)42-34(30)21-26/h3*1-21H. The summed E-state index contributed by atoms with van der Waals surface area (Å²) in [4.78, 5) is 46.0. The van der Waals surface area contributed by atoms with Crippen molar-refractivity contribution in [3.8, 4) is 102 Å². The molecule has 0 saturated heterocycles. The maximum Gasteiger partial charge on any atom is 0.165 e. The van der Waals surface area contributed by atoms with E-state index < -0.39 is 0 Å². The summed E-state index contributed by atoms with van der Waals surface area (Å²) in [6, 6.07) is 135. The molecule has 18 aromatic carbocycles. The second-order valence-electron chi connectivity index (χ2n) is 31.4. The molecular formula is C111H63N9S6. The van der Waals surface area contributed by atoms with E-state index >= 15 is 0 Å². The van der Waals surface area contributed by atoms with Crippen LogP contribution >= 0.6 is 68.0 Å². The zero-order chi connectivity index (χ0) is 82.9. The van der Waals surface area contributed by atoms with Crippen LogP contribution in [-0.4, -0.2) is 44.9 Å². The van der Waals surface area contributed by atoms with Gasteiger partial charge in [-0.2, -0.15) is 0 Å². The molecule has 0 amide bonds. The summed E-state index contributed by atoms with van der Waals surface area (Å²) >= 11 is 10.8. The van der Waals surface area contributed by atoms with E-state index in [0.29, 0.717) is 52.4 Å². The Morgan fingerprint density at radius 3 is 0.698 bits per heavy atom. The van der Waals surface area contributed by atoms with Crippen molar-refractivity contribution in [3.63, 3.8) is 0 Å². The van der Waals surface area contributed by atoms with E-state index in [9.17, 15) is 0 Å². The molecule has 9 heterocycles. The molecule has 588 valence electrons. The first-order chi connectivity index (χ1) is 62.3. The summed E-state index contributed by atoms with van der Waals surface area (Å²) in [5, 5.41) is 22.1. The number of nitrogens with zero attached hydrogens (tertiary/aromatic N) is 9. The predicted molar refractivity (Wildman–Crippen MR) is 538 cm³/mol. The van der Waals surface area contributed by atoms with Gasteiger partial charge in [0.25, 0.3) is 0 Å². The van der Waals surface area contributed by atoms with Crippen molar-refractivity contribution in [2.24, 2.45) is 0 Å². The van der Waals surface area contributed by atoms with Gasteiger partial charge in [0.05, 0.1) is 0 Å². The third-order valence-electron chi connectivity index (χ3n) is 23.8. The Kier molecular flexibility index (Phi) is 17.9. The molecule has 0 N–H and O–H groups in total. The lowest BCUT2D eigenvalue weighted by Gasteiger charge is -2.10. The number of hydrogen-bond donors (Lipinski definition) is 0. The van der Waals surface area contributed by atoms with E-state index in [0.717, 1.165) is 66.2 Å². The third kappa shape index (κ3) is 13.1. The summed E-state index contributed by atoms with van der Waals surface area (Å²) in [5.74, 6) is 6.14. The topological polar surface area (TPSA) is 116 Å². The van der Waals surface area contributed by atoms with E-state index in [-0.39, 0.29) is 0 Å². The minimum Gasteiger partial charge on any atom is -0.208 e. The Balaban J connectivity index is 0.000000103. The smallest absolute Gasteiger partial charge is 0.165 e. The highest BCUT2D eigenvalue weighted by Crippen LogP contribution is 2.47. The SMILES string of the molecule is c1ccc2cc(-c3nc(-c4ccc5c(c4)sc4ccccc45)nc(-c4ccc5c(c4)sc4ccccc45)n3)ccc2c1.c1ccc2cc(-c3nc(-c4ccc5sc6ccccc6c5c4)nc(-c4cccc5c4sc4ccccc45)n3)ccc2c1.c1ccc2cc(-c3nc(-c4cccc5c4sc4ccccc45)nc(-c4cccc5c4sc4ccccc45)n3)ccc2c1. The molecule has 0 bridgehead atoms. The van der Waals surface area contributed by atoms with Crippen LogP contribution in [0.15, 0.2) is 382 Å². The maximum absolute atomic E-state index is 5.19. The molecule has 0 fully saturated rings. The first kappa shape index (κ1) is 73.8. The highest BCUT2D eigenvalue weighted by Gasteiger charge is 2.24. The Morgan fingerprint density at radius 2 is 0.349 bits per heavy atom. The molecule has 0 aliphatic heterocycles. The Hall–Kier alpha value is -14.9. The van der Waals surface area contributed by atoms with Gasteiger partial charge in [0, 0.05) is 171 Å². The first-order valence-electron chi connectivity index (χ1n) is 41.6. The Bertz CT molecular complexity index is 8850. The van der Waals surface area contributed by atoms with E-state index in [1.54, 1.807) is 56.7 Å². The van der Waals surface area contributed by atoms with Crippen LogP contribution < -0.4 is 0 Å². The number of thiophene rings is 6. The average Bonchev–Trinajstić information content (AvgIpc) is 1.54. The molecular weight excluding hydrogens is 1650 g/mol. The van der Waals surface area contributed by atoms with Crippen molar-refractivity contribution in [3.05, 3.63) is 382 Å². The third-order valence-corrected chi connectivity index (χ3v) is 30.9. The molecule has 0 unspecified atom stereocenters. The molecule has 27 aromatic rings. The maximum atomic E-state index is 5.19. The van der Waals surface area contributed by atoms with Crippen molar-refractivity contribution in [2.75, 3.05) is 0 Å².